The second-order valence-corrected chi connectivity index (χ2v) is 5.66. The summed E-state index contributed by atoms with van der Waals surface area (Å²) in [6.07, 6.45) is 4.01. The predicted molar refractivity (Wildman–Crippen MR) is 79.5 cm³/mol. The van der Waals surface area contributed by atoms with Crippen LogP contribution in [0.3, 0.4) is 0 Å². The molecule has 2 rings (SSSR count). The molecule has 0 radical (unpaired) electrons. The molecule has 0 bridgehead atoms. The van der Waals surface area contributed by atoms with Gasteiger partial charge in [0.2, 0.25) is 5.91 Å². The van der Waals surface area contributed by atoms with Gasteiger partial charge in [0.1, 0.15) is 5.75 Å². The van der Waals surface area contributed by atoms with Crippen LogP contribution in [0.2, 0.25) is 0 Å². The Morgan fingerprint density at radius 1 is 1.35 bits per heavy atom. The summed E-state index contributed by atoms with van der Waals surface area (Å²) in [6, 6.07) is 7.76. The van der Waals surface area contributed by atoms with Crippen molar-refractivity contribution in [3.8, 4) is 5.75 Å². The molecule has 1 atom stereocenters. The molecule has 4 nitrogen and oxygen atoms in total. The zero-order valence-electron chi connectivity index (χ0n) is 12.3. The Balaban J connectivity index is 2.02. The van der Waals surface area contributed by atoms with Gasteiger partial charge in [-0.15, -0.1) is 0 Å². The van der Waals surface area contributed by atoms with E-state index in [1.165, 1.54) is 0 Å². The fourth-order valence-corrected chi connectivity index (χ4v) is 2.90. The van der Waals surface area contributed by atoms with Gasteiger partial charge in [-0.25, -0.2) is 0 Å². The first-order valence-electron chi connectivity index (χ1n) is 7.26. The topological polar surface area (TPSA) is 64.3 Å². The molecule has 0 saturated heterocycles. The summed E-state index contributed by atoms with van der Waals surface area (Å²) in [5.41, 5.74) is 6.57. The van der Waals surface area contributed by atoms with E-state index in [-0.39, 0.29) is 17.4 Å². The van der Waals surface area contributed by atoms with Gasteiger partial charge < -0.3 is 15.8 Å². The summed E-state index contributed by atoms with van der Waals surface area (Å²) in [5, 5.41) is 3.11. The summed E-state index contributed by atoms with van der Waals surface area (Å²) in [5.74, 6) is 0.919. The number of carbonyl (C=O) groups excluding carboxylic acids is 1. The Morgan fingerprint density at radius 2 is 1.95 bits per heavy atom. The molecule has 0 aliphatic heterocycles. The Morgan fingerprint density at radius 3 is 2.45 bits per heavy atom. The summed E-state index contributed by atoms with van der Waals surface area (Å²) < 4.78 is 5.14. The third kappa shape index (κ3) is 2.96. The minimum atomic E-state index is -0.346. The lowest BCUT2D eigenvalue weighted by Crippen LogP contribution is -2.44. The van der Waals surface area contributed by atoms with Gasteiger partial charge >= 0.3 is 0 Å². The van der Waals surface area contributed by atoms with Crippen molar-refractivity contribution < 1.29 is 9.53 Å². The first-order valence-corrected chi connectivity index (χ1v) is 7.26. The molecule has 1 fully saturated rings. The molecule has 4 heteroatoms. The van der Waals surface area contributed by atoms with Crippen LogP contribution in [-0.4, -0.2) is 19.6 Å². The van der Waals surface area contributed by atoms with Gasteiger partial charge in [-0.2, -0.15) is 0 Å². The minimum absolute atomic E-state index is 0.0163. The number of benzene rings is 1. The largest absolute Gasteiger partial charge is 0.497 e. The van der Waals surface area contributed by atoms with Crippen molar-refractivity contribution in [3.05, 3.63) is 29.8 Å². The molecule has 0 unspecified atom stereocenters. The summed E-state index contributed by atoms with van der Waals surface area (Å²) in [7, 11) is 1.64. The van der Waals surface area contributed by atoms with Crippen molar-refractivity contribution in [2.45, 2.75) is 38.6 Å². The molecule has 0 spiro atoms. The second-order valence-electron chi connectivity index (χ2n) is 5.66. The maximum atomic E-state index is 12.5. The molecule has 1 amide bonds. The van der Waals surface area contributed by atoms with Crippen LogP contribution in [0.25, 0.3) is 0 Å². The molecule has 1 aromatic rings. The number of amides is 1. The van der Waals surface area contributed by atoms with Crippen LogP contribution in [0.1, 0.15) is 44.2 Å². The maximum absolute atomic E-state index is 12.5. The summed E-state index contributed by atoms with van der Waals surface area (Å²) in [4.78, 5) is 12.5. The van der Waals surface area contributed by atoms with E-state index in [4.69, 9.17) is 10.5 Å². The van der Waals surface area contributed by atoms with Crippen LogP contribution in [0.15, 0.2) is 24.3 Å². The highest BCUT2D eigenvalue weighted by atomic mass is 16.5. The molecule has 1 aliphatic carbocycles. The Hall–Kier alpha value is -1.55. The van der Waals surface area contributed by atoms with Gasteiger partial charge in [0.25, 0.3) is 0 Å². The van der Waals surface area contributed by atoms with E-state index in [9.17, 15) is 4.79 Å². The summed E-state index contributed by atoms with van der Waals surface area (Å²) in [6.45, 7) is 2.44. The number of rotatable bonds is 5. The number of nitrogens with two attached hydrogens (primary N) is 1. The standard InChI is InChI=1S/C16H24N2O2/c1-12(13-5-7-14(20-2)8-6-13)18-15(19)16(11-17)9-3-4-10-16/h5-8,12H,3-4,9-11,17H2,1-2H3,(H,18,19)/t12-/m1/s1. The Bertz CT molecular complexity index is 450. The number of ether oxygens (including phenoxy) is 1. The SMILES string of the molecule is COc1ccc([C@@H](C)NC(=O)C2(CN)CCCC2)cc1. The lowest BCUT2D eigenvalue weighted by Gasteiger charge is -2.28. The van der Waals surface area contributed by atoms with Gasteiger partial charge in [0.15, 0.2) is 0 Å². The molecular weight excluding hydrogens is 252 g/mol. The first kappa shape index (κ1) is 14.9. The van der Waals surface area contributed by atoms with E-state index in [0.29, 0.717) is 6.54 Å². The Kier molecular flexibility index (Phi) is 4.65. The van der Waals surface area contributed by atoms with Crippen molar-refractivity contribution in [2.24, 2.45) is 11.1 Å². The molecule has 1 saturated carbocycles. The molecule has 0 heterocycles. The highest BCUT2D eigenvalue weighted by Gasteiger charge is 2.40. The highest BCUT2D eigenvalue weighted by molar-refractivity contribution is 5.83. The fourth-order valence-electron chi connectivity index (χ4n) is 2.90. The van der Waals surface area contributed by atoms with E-state index in [1.54, 1.807) is 7.11 Å². The van der Waals surface area contributed by atoms with E-state index in [2.05, 4.69) is 5.32 Å². The van der Waals surface area contributed by atoms with Crippen molar-refractivity contribution in [1.82, 2.24) is 5.32 Å². The third-order valence-electron chi connectivity index (χ3n) is 4.40. The van der Waals surface area contributed by atoms with Crippen molar-refractivity contribution in [3.63, 3.8) is 0 Å². The monoisotopic (exact) mass is 276 g/mol. The van der Waals surface area contributed by atoms with Crippen LogP contribution in [0, 0.1) is 5.41 Å². The van der Waals surface area contributed by atoms with Crippen molar-refractivity contribution >= 4 is 5.91 Å². The van der Waals surface area contributed by atoms with E-state index in [0.717, 1.165) is 37.0 Å². The van der Waals surface area contributed by atoms with Gasteiger partial charge in [-0.05, 0) is 37.5 Å². The second kappa shape index (κ2) is 6.27. The predicted octanol–water partition coefficient (Wildman–Crippen LogP) is 2.39. The maximum Gasteiger partial charge on any atom is 0.227 e. The smallest absolute Gasteiger partial charge is 0.227 e. The molecule has 1 aromatic carbocycles. The summed E-state index contributed by atoms with van der Waals surface area (Å²) >= 11 is 0. The molecule has 0 aromatic heterocycles. The molecule has 20 heavy (non-hydrogen) atoms. The quantitative estimate of drug-likeness (QED) is 0.868. The van der Waals surface area contributed by atoms with Gasteiger partial charge in [0, 0.05) is 6.54 Å². The minimum Gasteiger partial charge on any atom is -0.497 e. The zero-order chi connectivity index (χ0) is 14.6. The van der Waals surface area contributed by atoms with Crippen LogP contribution in [0.4, 0.5) is 0 Å². The normalized spacial score (nSPS) is 18.6. The third-order valence-corrected chi connectivity index (χ3v) is 4.40. The van der Waals surface area contributed by atoms with Crippen LogP contribution in [-0.2, 0) is 4.79 Å². The van der Waals surface area contributed by atoms with E-state index >= 15 is 0 Å². The van der Waals surface area contributed by atoms with E-state index < -0.39 is 0 Å². The van der Waals surface area contributed by atoms with Gasteiger partial charge in [-0.1, -0.05) is 25.0 Å². The van der Waals surface area contributed by atoms with E-state index in [1.807, 2.05) is 31.2 Å². The molecular formula is C16H24N2O2. The first-order chi connectivity index (χ1) is 9.61. The average Bonchev–Trinajstić information content (AvgIpc) is 2.97. The van der Waals surface area contributed by atoms with Crippen LogP contribution >= 0.6 is 0 Å². The van der Waals surface area contributed by atoms with Crippen molar-refractivity contribution in [1.29, 1.82) is 0 Å². The highest BCUT2D eigenvalue weighted by Crippen LogP contribution is 2.37. The van der Waals surface area contributed by atoms with Gasteiger partial charge in [-0.3, -0.25) is 4.79 Å². The zero-order valence-corrected chi connectivity index (χ0v) is 12.3. The lowest BCUT2D eigenvalue weighted by molar-refractivity contribution is -0.131. The number of nitrogens with one attached hydrogen (secondary N) is 1. The number of carbonyl (C=O) groups is 1. The van der Waals surface area contributed by atoms with Crippen LogP contribution in [0.5, 0.6) is 5.75 Å². The number of methoxy groups -OCH3 is 1. The Labute approximate surface area is 120 Å². The van der Waals surface area contributed by atoms with Crippen LogP contribution < -0.4 is 15.8 Å². The number of hydrogen-bond acceptors (Lipinski definition) is 3. The fraction of sp³-hybridized carbons (Fsp3) is 0.562. The molecule has 3 N–H and O–H groups in total. The number of hydrogen-bond donors (Lipinski definition) is 2. The van der Waals surface area contributed by atoms with Crippen molar-refractivity contribution in [2.75, 3.05) is 13.7 Å². The molecule has 1 aliphatic rings. The molecule has 110 valence electrons. The van der Waals surface area contributed by atoms with Gasteiger partial charge in [0.05, 0.1) is 18.6 Å². The lowest BCUT2D eigenvalue weighted by atomic mass is 9.85. The average molecular weight is 276 g/mol.